The number of benzene rings is 2. The summed E-state index contributed by atoms with van der Waals surface area (Å²) in [5.41, 5.74) is 2.34. The molecule has 0 aliphatic carbocycles. The van der Waals surface area contributed by atoms with Crippen molar-refractivity contribution < 1.29 is 14.3 Å². The molecule has 6 heteroatoms. The van der Waals surface area contributed by atoms with Gasteiger partial charge in [-0.25, -0.2) is 4.79 Å². The van der Waals surface area contributed by atoms with Gasteiger partial charge in [-0.2, -0.15) is 0 Å². The summed E-state index contributed by atoms with van der Waals surface area (Å²) in [6, 6.07) is 19.6. The van der Waals surface area contributed by atoms with Gasteiger partial charge >= 0.3 is 5.97 Å². The average molecular weight is 411 g/mol. The Balaban J connectivity index is 1.61. The van der Waals surface area contributed by atoms with E-state index in [0.29, 0.717) is 13.1 Å². The van der Waals surface area contributed by atoms with Crippen LogP contribution in [0.5, 0.6) is 0 Å². The van der Waals surface area contributed by atoms with Crippen molar-refractivity contribution in [2.24, 2.45) is 0 Å². The molecule has 2 aliphatic rings. The fourth-order valence-corrected chi connectivity index (χ4v) is 6.03. The van der Waals surface area contributed by atoms with E-state index in [1.54, 1.807) is 16.7 Å². The second-order valence-electron chi connectivity index (χ2n) is 8.10. The molecule has 0 bridgehead atoms. The van der Waals surface area contributed by atoms with Crippen LogP contribution in [0.1, 0.15) is 25.0 Å². The van der Waals surface area contributed by atoms with Crippen molar-refractivity contribution in [1.82, 2.24) is 9.80 Å². The lowest BCUT2D eigenvalue weighted by Crippen LogP contribution is -2.70. The first-order chi connectivity index (χ1) is 13.9. The summed E-state index contributed by atoms with van der Waals surface area (Å²) in [5, 5.41) is -0.0472. The molecule has 2 aliphatic heterocycles. The van der Waals surface area contributed by atoms with Crippen LogP contribution in [0.3, 0.4) is 0 Å². The number of nitrogens with zero attached hydrogens (tertiary/aromatic N) is 2. The first-order valence-corrected chi connectivity index (χ1v) is 10.7. The van der Waals surface area contributed by atoms with Gasteiger partial charge < -0.3 is 9.64 Å². The molecule has 0 saturated carbocycles. The largest absolute Gasteiger partial charge is 0.467 e. The number of hydrogen-bond acceptors (Lipinski definition) is 5. The van der Waals surface area contributed by atoms with Gasteiger partial charge in [-0.3, -0.25) is 9.69 Å². The third-order valence-corrected chi connectivity index (χ3v) is 7.24. The second-order valence-corrected chi connectivity index (χ2v) is 9.87. The third-order valence-electron chi connectivity index (χ3n) is 5.69. The van der Waals surface area contributed by atoms with Gasteiger partial charge in [0.2, 0.25) is 5.91 Å². The van der Waals surface area contributed by atoms with Crippen LogP contribution in [0.2, 0.25) is 0 Å². The quantitative estimate of drug-likeness (QED) is 0.540. The molecule has 0 spiro atoms. The molecular formula is C23H26N2O3S. The molecule has 2 saturated heterocycles. The SMILES string of the molecule is COC(=O)[C@@H]1N2C(=O)[C@H](N(Cc3ccccc3)Cc3ccccc3)[C@H]2SC1(C)C. The van der Waals surface area contributed by atoms with Crippen LogP contribution in [0, 0.1) is 0 Å². The summed E-state index contributed by atoms with van der Waals surface area (Å²) >= 11 is 1.69. The maximum absolute atomic E-state index is 13.2. The monoisotopic (exact) mass is 410 g/mol. The van der Waals surface area contributed by atoms with Crippen molar-refractivity contribution in [3.63, 3.8) is 0 Å². The van der Waals surface area contributed by atoms with E-state index < -0.39 is 6.04 Å². The molecule has 5 nitrogen and oxygen atoms in total. The van der Waals surface area contributed by atoms with E-state index in [0.717, 1.165) is 0 Å². The number of ether oxygens (including phenoxy) is 1. The van der Waals surface area contributed by atoms with E-state index in [1.807, 2.05) is 50.2 Å². The highest BCUT2D eigenvalue weighted by Crippen LogP contribution is 2.52. The van der Waals surface area contributed by atoms with Crippen molar-refractivity contribution in [2.45, 2.75) is 49.1 Å². The zero-order chi connectivity index (χ0) is 20.6. The Morgan fingerprint density at radius 1 is 1.03 bits per heavy atom. The molecular weight excluding hydrogens is 384 g/mol. The number of rotatable bonds is 6. The van der Waals surface area contributed by atoms with Gasteiger partial charge in [-0.1, -0.05) is 60.7 Å². The smallest absolute Gasteiger partial charge is 0.330 e. The molecule has 0 N–H and O–H groups in total. The molecule has 0 aromatic heterocycles. The Labute approximate surface area is 176 Å². The van der Waals surface area contributed by atoms with E-state index in [9.17, 15) is 9.59 Å². The van der Waals surface area contributed by atoms with Gasteiger partial charge in [0.15, 0.2) is 0 Å². The molecule has 0 radical (unpaired) electrons. The number of hydrogen-bond donors (Lipinski definition) is 0. The van der Waals surface area contributed by atoms with Crippen LogP contribution in [-0.2, 0) is 27.4 Å². The number of methoxy groups -OCH3 is 1. The minimum Gasteiger partial charge on any atom is -0.467 e. The molecule has 29 heavy (non-hydrogen) atoms. The van der Waals surface area contributed by atoms with Crippen LogP contribution in [0.15, 0.2) is 60.7 Å². The minimum absolute atomic E-state index is 0.00957. The number of esters is 1. The van der Waals surface area contributed by atoms with Crippen LogP contribution in [0.25, 0.3) is 0 Å². The Kier molecular flexibility index (Phi) is 5.40. The van der Waals surface area contributed by atoms with Gasteiger partial charge in [0, 0.05) is 17.8 Å². The van der Waals surface area contributed by atoms with Gasteiger partial charge in [0.05, 0.1) is 7.11 Å². The summed E-state index contributed by atoms with van der Waals surface area (Å²) < 4.78 is 4.62. The Morgan fingerprint density at radius 2 is 1.55 bits per heavy atom. The molecule has 2 aromatic rings. The van der Waals surface area contributed by atoms with Crippen molar-refractivity contribution in [1.29, 1.82) is 0 Å². The highest BCUT2D eigenvalue weighted by Gasteiger charge is 2.65. The minimum atomic E-state index is -0.540. The zero-order valence-corrected chi connectivity index (χ0v) is 17.8. The van der Waals surface area contributed by atoms with Crippen LogP contribution in [-0.4, -0.2) is 51.0 Å². The number of thioether (sulfide) groups is 1. The first-order valence-electron chi connectivity index (χ1n) is 9.82. The highest BCUT2D eigenvalue weighted by molar-refractivity contribution is 8.01. The topological polar surface area (TPSA) is 49.9 Å². The number of carbonyl (C=O) groups is 2. The molecule has 2 heterocycles. The predicted octanol–water partition coefficient (Wildman–Crippen LogP) is 3.29. The fourth-order valence-electron chi connectivity index (χ4n) is 4.31. The van der Waals surface area contributed by atoms with Crippen LogP contribution < -0.4 is 0 Å². The van der Waals surface area contributed by atoms with E-state index in [-0.39, 0.29) is 28.0 Å². The molecule has 2 fully saturated rings. The van der Waals surface area contributed by atoms with E-state index in [1.165, 1.54) is 18.2 Å². The molecule has 4 rings (SSSR count). The van der Waals surface area contributed by atoms with Crippen LogP contribution >= 0.6 is 11.8 Å². The normalized spacial score (nSPS) is 24.9. The Morgan fingerprint density at radius 3 is 2.03 bits per heavy atom. The van der Waals surface area contributed by atoms with Crippen LogP contribution in [0.4, 0.5) is 0 Å². The maximum atomic E-state index is 13.2. The highest BCUT2D eigenvalue weighted by atomic mass is 32.2. The number of fused-ring (bicyclic) bond motifs is 1. The molecule has 3 atom stereocenters. The van der Waals surface area contributed by atoms with Gasteiger partial charge in [-0.05, 0) is 25.0 Å². The Hall–Kier alpha value is -2.31. The van der Waals surface area contributed by atoms with Crippen molar-refractivity contribution >= 4 is 23.6 Å². The molecule has 2 aromatic carbocycles. The number of carbonyl (C=O) groups excluding carboxylic acids is 2. The molecule has 1 amide bonds. The summed E-state index contributed by atoms with van der Waals surface area (Å²) in [5.74, 6) is -0.329. The standard InChI is InChI=1S/C23H26N2O3S/c1-23(2)19(22(27)28-3)25-20(26)18(21(25)29-23)24(14-16-10-6-4-7-11-16)15-17-12-8-5-9-13-17/h4-13,18-19,21H,14-15H2,1-3H3/t18-,19-,21+/m0/s1. The van der Waals surface area contributed by atoms with Crippen molar-refractivity contribution in [3.8, 4) is 0 Å². The second kappa shape index (κ2) is 7.84. The fraction of sp³-hybridized carbons (Fsp3) is 0.391. The van der Waals surface area contributed by atoms with E-state index in [4.69, 9.17) is 4.74 Å². The lowest BCUT2D eigenvalue weighted by molar-refractivity contribution is -0.167. The lowest BCUT2D eigenvalue weighted by atomic mass is 9.94. The summed E-state index contributed by atoms with van der Waals surface area (Å²) in [6.07, 6.45) is 0. The Bertz CT molecular complexity index is 846. The van der Waals surface area contributed by atoms with Crippen molar-refractivity contribution in [3.05, 3.63) is 71.8 Å². The molecule has 0 unspecified atom stereocenters. The van der Waals surface area contributed by atoms with Gasteiger partial charge in [0.25, 0.3) is 0 Å². The molecule has 152 valence electrons. The summed E-state index contributed by atoms with van der Waals surface area (Å²) in [6.45, 7) is 5.39. The lowest BCUT2D eigenvalue weighted by Gasteiger charge is -2.48. The van der Waals surface area contributed by atoms with Crippen molar-refractivity contribution in [2.75, 3.05) is 7.11 Å². The summed E-state index contributed by atoms with van der Waals surface area (Å²) in [7, 11) is 1.38. The maximum Gasteiger partial charge on any atom is 0.330 e. The zero-order valence-electron chi connectivity index (χ0n) is 16.9. The number of β-lactam (4-membered cyclic amide) rings is 1. The van der Waals surface area contributed by atoms with Gasteiger partial charge in [-0.15, -0.1) is 11.8 Å². The van der Waals surface area contributed by atoms with E-state index in [2.05, 4.69) is 29.2 Å². The predicted molar refractivity (Wildman–Crippen MR) is 114 cm³/mol. The first kappa shape index (κ1) is 20.0. The average Bonchev–Trinajstić information content (AvgIpc) is 2.96. The number of amides is 1. The summed E-state index contributed by atoms with van der Waals surface area (Å²) in [4.78, 5) is 29.6. The van der Waals surface area contributed by atoms with Gasteiger partial charge in [0.1, 0.15) is 17.5 Å². The third kappa shape index (κ3) is 3.67. The van der Waals surface area contributed by atoms with E-state index >= 15 is 0 Å².